The van der Waals surface area contributed by atoms with Crippen molar-refractivity contribution in [1.29, 1.82) is 0 Å². The van der Waals surface area contributed by atoms with E-state index in [1.54, 1.807) is 7.11 Å². The largest absolute Gasteiger partial charge is 0.385 e. The number of nitrogens with one attached hydrogen (secondary N) is 1. The minimum absolute atomic E-state index is 0.104. The molecule has 0 aliphatic heterocycles. The SMILES string of the molecule is COCCCNC(=O)Cc1ccc2c(c1)CCCC2. The fourth-order valence-corrected chi connectivity index (χ4v) is 2.59. The van der Waals surface area contributed by atoms with Crippen molar-refractivity contribution in [3.05, 3.63) is 34.9 Å². The molecule has 0 saturated heterocycles. The van der Waals surface area contributed by atoms with E-state index >= 15 is 0 Å². The highest BCUT2D eigenvalue weighted by Crippen LogP contribution is 2.22. The van der Waals surface area contributed by atoms with Crippen LogP contribution in [0.15, 0.2) is 18.2 Å². The molecule has 0 radical (unpaired) electrons. The van der Waals surface area contributed by atoms with Gasteiger partial charge in [0, 0.05) is 20.3 Å². The molecule has 0 bridgehead atoms. The lowest BCUT2D eigenvalue weighted by molar-refractivity contribution is -0.120. The van der Waals surface area contributed by atoms with Crippen LogP contribution in [-0.4, -0.2) is 26.2 Å². The van der Waals surface area contributed by atoms with Gasteiger partial charge >= 0.3 is 0 Å². The molecule has 1 aromatic rings. The van der Waals surface area contributed by atoms with Crippen LogP contribution >= 0.6 is 0 Å². The number of carbonyl (C=O) groups excluding carboxylic acids is 1. The quantitative estimate of drug-likeness (QED) is 0.798. The van der Waals surface area contributed by atoms with Crippen molar-refractivity contribution in [2.45, 2.75) is 38.5 Å². The van der Waals surface area contributed by atoms with Gasteiger partial charge < -0.3 is 10.1 Å². The van der Waals surface area contributed by atoms with Gasteiger partial charge in [-0.3, -0.25) is 4.79 Å². The van der Waals surface area contributed by atoms with Gasteiger partial charge in [-0.15, -0.1) is 0 Å². The minimum atomic E-state index is 0.104. The molecule has 1 amide bonds. The molecule has 104 valence electrons. The summed E-state index contributed by atoms with van der Waals surface area (Å²) in [5, 5.41) is 2.93. The van der Waals surface area contributed by atoms with E-state index < -0.39 is 0 Å². The fraction of sp³-hybridized carbons (Fsp3) is 0.562. The Labute approximate surface area is 115 Å². The normalized spacial score (nSPS) is 13.9. The predicted octanol–water partition coefficient (Wildman–Crippen LogP) is 2.26. The second-order valence-corrected chi connectivity index (χ2v) is 5.18. The van der Waals surface area contributed by atoms with E-state index in [0.29, 0.717) is 19.6 Å². The minimum Gasteiger partial charge on any atom is -0.385 e. The van der Waals surface area contributed by atoms with Crippen molar-refractivity contribution in [2.75, 3.05) is 20.3 Å². The molecule has 2 rings (SSSR count). The Bertz CT molecular complexity index is 429. The number of fused-ring (bicyclic) bond motifs is 1. The maximum atomic E-state index is 11.8. The monoisotopic (exact) mass is 261 g/mol. The zero-order valence-electron chi connectivity index (χ0n) is 11.7. The summed E-state index contributed by atoms with van der Waals surface area (Å²) in [6.45, 7) is 1.39. The van der Waals surface area contributed by atoms with Crippen LogP contribution in [-0.2, 0) is 28.8 Å². The first kappa shape index (κ1) is 14.1. The molecular weight excluding hydrogens is 238 g/mol. The maximum Gasteiger partial charge on any atom is 0.224 e. The third-order valence-electron chi connectivity index (χ3n) is 3.62. The van der Waals surface area contributed by atoms with E-state index in [4.69, 9.17) is 4.74 Å². The first-order valence-corrected chi connectivity index (χ1v) is 7.16. The van der Waals surface area contributed by atoms with E-state index in [-0.39, 0.29) is 5.91 Å². The second kappa shape index (κ2) is 7.29. The molecule has 0 unspecified atom stereocenters. The number of hydrogen-bond donors (Lipinski definition) is 1. The highest BCUT2D eigenvalue weighted by Gasteiger charge is 2.10. The van der Waals surface area contributed by atoms with E-state index in [9.17, 15) is 4.79 Å². The van der Waals surface area contributed by atoms with Crippen LogP contribution in [0.1, 0.15) is 36.0 Å². The molecule has 0 saturated carbocycles. The summed E-state index contributed by atoms with van der Waals surface area (Å²) in [5.74, 6) is 0.104. The average Bonchev–Trinajstić information content (AvgIpc) is 2.43. The lowest BCUT2D eigenvalue weighted by atomic mass is 9.90. The predicted molar refractivity (Wildman–Crippen MR) is 76.3 cm³/mol. The van der Waals surface area contributed by atoms with Gasteiger partial charge in [-0.2, -0.15) is 0 Å². The van der Waals surface area contributed by atoms with Crippen LogP contribution in [0, 0.1) is 0 Å². The highest BCUT2D eigenvalue weighted by molar-refractivity contribution is 5.78. The topological polar surface area (TPSA) is 38.3 Å². The van der Waals surface area contributed by atoms with E-state index in [0.717, 1.165) is 12.0 Å². The van der Waals surface area contributed by atoms with Crippen LogP contribution < -0.4 is 5.32 Å². The summed E-state index contributed by atoms with van der Waals surface area (Å²) < 4.78 is 4.95. The van der Waals surface area contributed by atoms with Gasteiger partial charge in [-0.25, -0.2) is 0 Å². The van der Waals surface area contributed by atoms with Gasteiger partial charge in [0.25, 0.3) is 0 Å². The zero-order chi connectivity index (χ0) is 13.5. The number of benzene rings is 1. The van der Waals surface area contributed by atoms with Gasteiger partial charge in [0.05, 0.1) is 6.42 Å². The molecule has 0 fully saturated rings. The molecule has 19 heavy (non-hydrogen) atoms. The Morgan fingerprint density at radius 2 is 2.05 bits per heavy atom. The van der Waals surface area contributed by atoms with Crippen molar-refractivity contribution in [3.8, 4) is 0 Å². The van der Waals surface area contributed by atoms with Gasteiger partial charge in [-0.1, -0.05) is 18.2 Å². The van der Waals surface area contributed by atoms with E-state index in [1.165, 1.54) is 36.8 Å². The van der Waals surface area contributed by atoms with Gasteiger partial charge in [0.1, 0.15) is 0 Å². The number of aryl methyl sites for hydroxylation is 2. The lowest BCUT2D eigenvalue weighted by Crippen LogP contribution is -2.26. The molecule has 0 spiro atoms. The lowest BCUT2D eigenvalue weighted by Gasteiger charge is -2.16. The van der Waals surface area contributed by atoms with Crippen molar-refractivity contribution in [2.24, 2.45) is 0 Å². The summed E-state index contributed by atoms with van der Waals surface area (Å²) in [6, 6.07) is 6.50. The molecule has 1 N–H and O–H groups in total. The Morgan fingerprint density at radius 1 is 1.26 bits per heavy atom. The van der Waals surface area contributed by atoms with Gasteiger partial charge in [-0.05, 0) is 48.8 Å². The highest BCUT2D eigenvalue weighted by atomic mass is 16.5. The standard InChI is InChI=1S/C16H23NO2/c1-19-10-4-9-17-16(18)12-13-7-8-14-5-2-3-6-15(14)11-13/h7-8,11H,2-6,9-10,12H2,1H3,(H,17,18). The molecule has 1 aliphatic carbocycles. The molecule has 3 heteroatoms. The van der Waals surface area contributed by atoms with E-state index in [1.807, 2.05) is 0 Å². The van der Waals surface area contributed by atoms with Gasteiger partial charge in [0.15, 0.2) is 0 Å². The Balaban J connectivity index is 1.83. The zero-order valence-corrected chi connectivity index (χ0v) is 11.7. The summed E-state index contributed by atoms with van der Waals surface area (Å²) in [7, 11) is 1.68. The number of amides is 1. The fourth-order valence-electron chi connectivity index (χ4n) is 2.59. The molecule has 3 nitrogen and oxygen atoms in total. The van der Waals surface area contributed by atoms with Crippen molar-refractivity contribution in [3.63, 3.8) is 0 Å². The molecule has 0 aromatic heterocycles. The summed E-state index contributed by atoms with van der Waals surface area (Å²) in [4.78, 5) is 11.8. The van der Waals surface area contributed by atoms with Crippen molar-refractivity contribution >= 4 is 5.91 Å². The van der Waals surface area contributed by atoms with Crippen LogP contribution in [0.5, 0.6) is 0 Å². The number of ether oxygens (including phenoxy) is 1. The number of hydrogen-bond acceptors (Lipinski definition) is 2. The van der Waals surface area contributed by atoms with Gasteiger partial charge in [0.2, 0.25) is 5.91 Å². The molecule has 1 aliphatic rings. The second-order valence-electron chi connectivity index (χ2n) is 5.18. The summed E-state index contributed by atoms with van der Waals surface area (Å²) >= 11 is 0. The Kier molecular flexibility index (Phi) is 5.40. The number of rotatable bonds is 6. The third kappa shape index (κ3) is 4.35. The molecule has 0 atom stereocenters. The summed E-state index contributed by atoms with van der Waals surface area (Å²) in [5.41, 5.74) is 4.04. The van der Waals surface area contributed by atoms with Crippen molar-refractivity contribution < 1.29 is 9.53 Å². The van der Waals surface area contributed by atoms with Crippen LogP contribution in [0.25, 0.3) is 0 Å². The maximum absolute atomic E-state index is 11.8. The number of methoxy groups -OCH3 is 1. The van der Waals surface area contributed by atoms with Crippen LogP contribution in [0.4, 0.5) is 0 Å². The Morgan fingerprint density at radius 3 is 2.84 bits per heavy atom. The van der Waals surface area contributed by atoms with E-state index in [2.05, 4.69) is 23.5 Å². The smallest absolute Gasteiger partial charge is 0.224 e. The first-order chi connectivity index (χ1) is 9.29. The molecule has 1 aromatic carbocycles. The first-order valence-electron chi connectivity index (χ1n) is 7.16. The van der Waals surface area contributed by atoms with Crippen molar-refractivity contribution in [1.82, 2.24) is 5.32 Å². The van der Waals surface area contributed by atoms with Crippen LogP contribution in [0.3, 0.4) is 0 Å². The third-order valence-corrected chi connectivity index (χ3v) is 3.62. The van der Waals surface area contributed by atoms with Crippen LogP contribution in [0.2, 0.25) is 0 Å². The number of carbonyl (C=O) groups is 1. The average molecular weight is 261 g/mol. The molecular formula is C16H23NO2. The molecule has 0 heterocycles. The Hall–Kier alpha value is -1.35. The summed E-state index contributed by atoms with van der Waals surface area (Å²) in [6.07, 6.45) is 6.29.